The third-order valence-corrected chi connectivity index (χ3v) is 4.41. The van der Waals surface area contributed by atoms with E-state index in [0.717, 1.165) is 24.1 Å². The second kappa shape index (κ2) is 5.88. The van der Waals surface area contributed by atoms with E-state index in [4.69, 9.17) is 0 Å². The van der Waals surface area contributed by atoms with Crippen molar-refractivity contribution in [3.8, 4) is 0 Å². The third-order valence-electron chi connectivity index (χ3n) is 4.41. The number of carbonyl (C=O) groups excluding carboxylic acids is 1. The largest absolute Gasteiger partial charge is 0.345 e. The maximum absolute atomic E-state index is 12.8. The predicted molar refractivity (Wildman–Crippen MR) is 86.6 cm³/mol. The lowest BCUT2D eigenvalue weighted by atomic mass is 9.94. The Morgan fingerprint density at radius 2 is 2.08 bits per heavy atom. The van der Waals surface area contributed by atoms with Crippen molar-refractivity contribution in [3.63, 3.8) is 0 Å². The molecule has 1 fully saturated rings. The first kappa shape index (κ1) is 14.6. The number of fused-ring (bicyclic) bond motifs is 1. The zero-order valence-corrected chi connectivity index (χ0v) is 12.9. The van der Waals surface area contributed by atoms with E-state index in [1.165, 1.54) is 6.20 Å². The maximum atomic E-state index is 12.8. The fourth-order valence-corrected chi connectivity index (χ4v) is 3.19. The van der Waals surface area contributed by atoms with E-state index >= 15 is 0 Å². The van der Waals surface area contributed by atoms with Crippen LogP contribution in [0.15, 0.2) is 35.3 Å². The fraction of sp³-hybridized carbons (Fsp3) is 0.312. The van der Waals surface area contributed by atoms with Crippen molar-refractivity contribution in [1.29, 1.82) is 0 Å². The molecule has 0 saturated carbocycles. The van der Waals surface area contributed by atoms with Gasteiger partial charge in [0, 0.05) is 36.5 Å². The monoisotopic (exact) mass is 324 g/mol. The van der Waals surface area contributed by atoms with Crippen LogP contribution in [0.1, 0.15) is 34.8 Å². The van der Waals surface area contributed by atoms with Crippen LogP contribution >= 0.6 is 0 Å². The highest BCUT2D eigenvalue weighted by Crippen LogP contribution is 2.26. The van der Waals surface area contributed by atoms with E-state index in [-0.39, 0.29) is 17.5 Å². The first-order chi connectivity index (χ1) is 11.7. The number of hydrogen-bond acceptors (Lipinski definition) is 5. The Kier molecular flexibility index (Phi) is 3.56. The molecule has 1 aliphatic heterocycles. The molecule has 0 radical (unpaired) electrons. The number of nitrogens with one attached hydrogen (secondary N) is 2. The number of hydrogen-bond donors (Lipinski definition) is 2. The van der Waals surface area contributed by atoms with Crippen molar-refractivity contribution >= 4 is 16.9 Å². The Labute approximate surface area is 136 Å². The molecule has 1 aliphatic rings. The van der Waals surface area contributed by atoms with Gasteiger partial charge in [-0.25, -0.2) is 9.78 Å². The molecule has 0 bridgehead atoms. The molecule has 0 spiro atoms. The number of amides is 1. The Balaban J connectivity index is 1.56. The summed E-state index contributed by atoms with van der Waals surface area (Å²) >= 11 is 0. The summed E-state index contributed by atoms with van der Waals surface area (Å²) in [6, 6.07) is 7.11. The minimum absolute atomic E-state index is 0.0268. The van der Waals surface area contributed by atoms with Gasteiger partial charge < -0.3 is 9.88 Å². The molecule has 3 heterocycles. The van der Waals surface area contributed by atoms with Crippen molar-refractivity contribution < 1.29 is 4.79 Å². The highest BCUT2D eigenvalue weighted by atomic mass is 16.2. The van der Waals surface area contributed by atoms with Gasteiger partial charge in [0.1, 0.15) is 11.0 Å². The molecule has 0 unspecified atom stereocenters. The normalized spacial score (nSPS) is 18.0. The van der Waals surface area contributed by atoms with Gasteiger partial charge in [0.15, 0.2) is 0 Å². The molecule has 24 heavy (non-hydrogen) atoms. The molecule has 1 atom stereocenters. The average Bonchev–Trinajstić information content (AvgIpc) is 3.09. The fourth-order valence-electron chi connectivity index (χ4n) is 3.19. The molecule has 1 aromatic carbocycles. The van der Waals surface area contributed by atoms with Crippen LogP contribution < -0.4 is 5.69 Å². The number of H-pyrrole nitrogens is 2. The molecular weight excluding hydrogens is 308 g/mol. The van der Waals surface area contributed by atoms with Crippen LogP contribution in [0.5, 0.6) is 0 Å². The van der Waals surface area contributed by atoms with Crippen LogP contribution in [0.2, 0.25) is 0 Å². The number of piperidine rings is 1. The summed E-state index contributed by atoms with van der Waals surface area (Å²) in [6.45, 7) is 1.29. The Morgan fingerprint density at radius 3 is 2.96 bits per heavy atom. The number of aromatic amines is 2. The summed E-state index contributed by atoms with van der Waals surface area (Å²) in [5, 5.41) is 10.6. The molecular formula is C16H16N6O2. The average molecular weight is 324 g/mol. The van der Waals surface area contributed by atoms with E-state index in [2.05, 4.69) is 25.4 Å². The standard InChI is InChI=1S/C16H16N6O2/c23-15(10-3-4-13-14(8-10)20-21-19-13)22-7-1-2-11(9-22)12-5-6-17-16(24)18-12/h3-6,8,11H,1-2,7,9H2,(H,17,18,24)(H,19,20,21)/t11-/m0/s1. The molecule has 2 N–H and O–H groups in total. The lowest BCUT2D eigenvalue weighted by Gasteiger charge is -2.32. The van der Waals surface area contributed by atoms with E-state index in [1.807, 2.05) is 11.0 Å². The van der Waals surface area contributed by atoms with Crippen molar-refractivity contribution in [2.45, 2.75) is 18.8 Å². The number of carbonyl (C=O) groups is 1. The van der Waals surface area contributed by atoms with Crippen molar-refractivity contribution in [2.24, 2.45) is 0 Å². The minimum Gasteiger partial charge on any atom is -0.338 e. The lowest BCUT2D eigenvalue weighted by molar-refractivity contribution is 0.0706. The minimum atomic E-state index is -0.354. The van der Waals surface area contributed by atoms with E-state index in [0.29, 0.717) is 24.2 Å². The predicted octanol–water partition coefficient (Wildman–Crippen LogP) is 1.06. The number of likely N-dealkylation sites (tertiary alicyclic amines) is 1. The SMILES string of the molecule is O=C(c1ccc2n[nH]nc2c1)N1CCC[C@H](c2ccnc(=O)[nH]2)C1. The summed E-state index contributed by atoms with van der Waals surface area (Å²) in [4.78, 5) is 32.4. The van der Waals surface area contributed by atoms with Crippen LogP contribution in [-0.2, 0) is 0 Å². The zero-order valence-electron chi connectivity index (χ0n) is 12.9. The van der Waals surface area contributed by atoms with E-state index in [9.17, 15) is 9.59 Å². The van der Waals surface area contributed by atoms with Gasteiger partial charge >= 0.3 is 5.69 Å². The van der Waals surface area contributed by atoms with Gasteiger partial charge in [0.05, 0.1) is 0 Å². The second-order valence-electron chi connectivity index (χ2n) is 5.95. The summed E-state index contributed by atoms with van der Waals surface area (Å²) < 4.78 is 0. The van der Waals surface area contributed by atoms with Gasteiger partial charge in [-0.2, -0.15) is 15.4 Å². The van der Waals surface area contributed by atoms with Crippen molar-refractivity contribution in [2.75, 3.05) is 13.1 Å². The molecule has 1 saturated heterocycles. The zero-order chi connectivity index (χ0) is 16.5. The number of benzene rings is 1. The summed E-state index contributed by atoms with van der Waals surface area (Å²) in [5.74, 6) is 0.0928. The van der Waals surface area contributed by atoms with Crippen molar-refractivity contribution in [1.82, 2.24) is 30.3 Å². The molecule has 1 amide bonds. The van der Waals surface area contributed by atoms with Crippen LogP contribution in [0.25, 0.3) is 11.0 Å². The highest BCUT2D eigenvalue weighted by Gasteiger charge is 2.26. The first-order valence-electron chi connectivity index (χ1n) is 7.86. The van der Waals surface area contributed by atoms with Crippen LogP contribution in [-0.4, -0.2) is 49.3 Å². The van der Waals surface area contributed by atoms with Gasteiger partial charge in [0.25, 0.3) is 5.91 Å². The molecule has 4 rings (SSSR count). The van der Waals surface area contributed by atoms with Gasteiger partial charge in [-0.05, 0) is 37.1 Å². The van der Waals surface area contributed by atoms with Gasteiger partial charge in [-0.1, -0.05) is 0 Å². The first-order valence-corrected chi connectivity index (χ1v) is 7.86. The quantitative estimate of drug-likeness (QED) is 0.733. The summed E-state index contributed by atoms with van der Waals surface area (Å²) in [5.41, 5.74) is 2.48. The summed E-state index contributed by atoms with van der Waals surface area (Å²) in [7, 11) is 0. The molecule has 0 aliphatic carbocycles. The molecule has 3 aromatic rings. The Morgan fingerprint density at radius 1 is 1.21 bits per heavy atom. The molecule has 122 valence electrons. The number of aromatic nitrogens is 5. The van der Waals surface area contributed by atoms with Gasteiger partial charge in [0.2, 0.25) is 0 Å². The lowest BCUT2D eigenvalue weighted by Crippen LogP contribution is -2.39. The van der Waals surface area contributed by atoms with E-state index in [1.54, 1.807) is 18.2 Å². The molecule has 2 aromatic heterocycles. The van der Waals surface area contributed by atoms with Crippen LogP contribution in [0.3, 0.4) is 0 Å². The Hall–Kier alpha value is -3.03. The smallest absolute Gasteiger partial charge is 0.338 e. The highest BCUT2D eigenvalue weighted by molar-refractivity contribution is 5.97. The molecule has 8 heteroatoms. The number of rotatable bonds is 2. The third kappa shape index (κ3) is 2.66. The topological polar surface area (TPSA) is 108 Å². The maximum Gasteiger partial charge on any atom is 0.345 e. The Bertz CT molecular complexity index is 947. The van der Waals surface area contributed by atoms with Gasteiger partial charge in [-0.3, -0.25) is 4.79 Å². The number of nitrogens with zero attached hydrogens (tertiary/aromatic N) is 4. The van der Waals surface area contributed by atoms with Gasteiger partial charge in [-0.15, -0.1) is 0 Å². The second-order valence-corrected chi connectivity index (χ2v) is 5.95. The van der Waals surface area contributed by atoms with Crippen molar-refractivity contribution in [3.05, 3.63) is 52.2 Å². The molecule has 8 nitrogen and oxygen atoms in total. The van der Waals surface area contributed by atoms with Crippen LogP contribution in [0, 0.1) is 0 Å². The summed E-state index contributed by atoms with van der Waals surface area (Å²) in [6.07, 6.45) is 3.34. The van der Waals surface area contributed by atoms with Crippen LogP contribution in [0.4, 0.5) is 0 Å². The van der Waals surface area contributed by atoms with E-state index < -0.39 is 0 Å².